The van der Waals surface area contributed by atoms with Gasteiger partial charge in [-0.2, -0.15) is 0 Å². The van der Waals surface area contributed by atoms with E-state index in [-0.39, 0.29) is 0 Å². The molecule has 0 nitrogen and oxygen atoms in total. The average Bonchev–Trinajstić information content (AvgIpc) is 2.65. The van der Waals surface area contributed by atoms with E-state index in [0.717, 1.165) is 5.92 Å². The highest BCUT2D eigenvalue weighted by atomic mass is 14.4. The van der Waals surface area contributed by atoms with Gasteiger partial charge in [0.1, 0.15) is 0 Å². The van der Waals surface area contributed by atoms with Crippen LogP contribution < -0.4 is 0 Å². The minimum atomic E-state index is 0.435. The molecule has 0 heteroatoms. The third-order valence-electron chi connectivity index (χ3n) is 2.73. The van der Waals surface area contributed by atoms with Crippen molar-refractivity contribution in [2.45, 2.75) is 26.2 Å². The zero-order valence-corrected chi connectivity index (χ0v) is 7.92. The SMILES string of the molecule is C=CC.C=CC12C=CC(CC1)C2. The Kier molecular flexibility index (Phi) is 2.91. The molecule has 0 N–H and O–H groups in total. The first kappa shape index (κ1) is 9.31. The Labute approximate surface area is 75.7 Å². The van der Waals surface area contributed by atoms with Gasteiger partial charge in [-0.25, -0.2) is 0 Å². The second kappa shape index (κ2) is 3.75. The Morgan fingerprint density at radius 3 is 2.33 bits per heavy atom. The van der Waals surface area contributed by atoms with Gasteiger partial charge in [-0.3, -0.25) is 0 Å². The Bertz CT molecular complexity index is 200. The second-order valence-electron chi connectivity index (χ2n) is 3.71. The maximum atomic E-state index is 3.86. The summed E-state index contributed by atoms with van der Waals surface area (Å²) in [5.74, 6) is 0.892. The molecule has 2 bridgehead atoms. The molecule has 66 valence electrons. The fourth-order valence-electron chi connectivity index (χ4n) is 2.04. The van der Waals surface area contributed by atoms with Crippen LogP contribution in [0.2, 0.25) is 0 Å². The van der Waals surface area contributed by atoms with E-state index in [0.29, 0.717) is 5.41 Å². The molecule has 2 atom stereocenters. The summed E-state index contributed by atoms with van der Waals surface area (Å²) in [6.07, 6.45) is 12.6. The molecule has 0 saturated heterocycles. The molecule has 0 aromatic heterocycles. The van der Waals surface area contributed by atoms with E-state index < -0.39 is 0 Å². The average molecular weight is 162 g/mol. The molecule has 0 spiro atoms. The molecule has 2 unspecified atom stereocenters. The van der Waals surface area contributed by atoms with Crippen molar-refractivity contribution in [3.05, 3.63) is 37.5 Å². The number of hydrogen-bond donors (Lipinski definition) is 0. The van der Waals surface area contributed by atoms with Gasteiger partial charge in [0.2, 0.25) is 0 Å². The molecule has 2 aliphatic rings. The van der Waals surface area contributed by atoms with Crippen molar-refractivity contribution in [3.8, 4) is 0 Å². The maximum absolute atomic E-state index is 3.86. The van der Waals surface area contributed by atoms with Crippen LogP contribution in [0.1, 0.15) is 26.2 Å². The van der Waals surface area contributed by atoms with Crippen molar-refractivity contribution in [1.29, 1.82) is 0 Å². The van der Waals surface area contributed by atoms with Crippen molar-refractivity contribution in [2.75, 3.05) is 0 Å². The van der Waals surface area contributed by atoms with Gasteiger partial charge in [0.25, 0.3) is 0 Å². The summed E-state index contributed by atoms with van der Waals surface area (Å²) >= 11 is 0. The van der Waals surface area contributed by atoms with Gasteiger partial charge < -0.3 is 0 Å². The van der Waals surface area contributed by atoms with Crippen LogP contribution in [-0.4, -0.2) is 0 Å². The molecule has 2 rings (SSSR count). The predicted octanol–water partition coefficient (Wildman–Crippen LogP) is 3.72. The highest BCUT2D eigenvalue weighted by molar-refractivity contribution is 5.21. The lowest BCUT2D eigenvalue weighted by Crippen LogP contribution is -2.05. The zero-order valence-electron chi connectivity index (χ0n) is 7.92. The number of allylic oxidation sites excluding steroid dienone is 4. The van der Waals surface area contributed by atoms with Gasteiger partial charge >= 0.3 is 0 Å². The summed E-state index contributed by atoms with van der Waals surface area (Å²) in [5, 5.41) is 0. The van der Waals surface area contributed by atoms with Gasteiger partial charge in [0.05, 0.1) is 0 Å². The van der Waals surface area contributed by atoms with Crippen LogP contribution in [0.3, 0.4) is 0 Å². The Morgan fingerprint density at radius 2 is 2.17 bits per heavy atom. The fraction of sp³-hybridized carbons (Fsp3) is 0.500. The smallest absolute Gasteiger partial charge is 0.00642 e. The highest BCUT2D eigenvalue weighted by Gasteiger charge is 2.37. The molecule has 1 fully saturated rings. The summed E-state index contributed by atoms with van der Waals surface area (Å²) < 4.78 is 0. The van der Waals surface area contributed by atoms with Gasteiger partial charge in [0, 0.05) is 5.41 Å². The molecule has 0 aliphatic heterocycles. The van der Waals surface area contributed by atoms with Crippen molar-refractivity contribution in [1.82, 2.24) is 0 Å². The first-order chi connectivity index (χ1) is 5.76. The molecule has 0 heterocycles. The maximum Gasteiger partial charge on any atom is 0.00642 e. The fourth-order valence-corrected chi connectivity index (χ4v) is 2.04. The summed E-state index contributed by atoms with van der Waals surface area (Å²) in [6.45, 7) is 9.11. The van der Waals surface area contributed by atoms with E-state index in [1.165, 1.54) is 19.3 Å². The first-order valence-electron chi connectivity index (χ1n) is 4.66. The number of rotatable bonds is 1. The monoisotopic (exact) mass is 162 g/mol. The van der Waals surface area contributed by atoms with Gasteiger partial charge in [-0.1, -0.05) is 24.3 Å². The summed E-state index contributed by atoms with van der Waals surface area (Å²) in [7, 11) is 0. The minimum Gasteiger partial charge on any atom is -0.103 e. The van der Waals surface area contributed by atoms with Crippen LogP contribution in [0.4, 0.5) is 0 Å². The first-order valence-corrected chi connectivity index (χ1v) is 4.66. The molecule has 1 saturated carbocycles. The van der Waals surface area contributed by atoms with Crippen LogP contribution in [0.5, 0.6) is 0 Å². The van der Waals surface area contributed by atoms with Gasteiger partial charge in [-0.05, 0) is 32.1 Å². The van der Waals surface area contributed by atoms with E-state index in [1.807, 2.05) is 6.92 Å². The van der Waals surface area contributed by atoms with Gasteiger partial charge in [0.15, 0.2) is 0 Å². The zero-order chi connectivity index (χ0) is 9.03. The Morgan fingerprint density at radius 1 is 1.50 bits per heavy atom. The van der Waals surface area contributed by atoms with Crippen LogP contribution in [-0.2, 0) is 0 Å². The topological polar surface area (TPSA) is 0 Å². The summed E-state index contributed by atoms with van der Waals surface area (Å²) in [4.78, 5) is 0. The largest absolute Gasteiger partial charge is 0.103 e. The van der Waals surface area contributed by atoms with E-state index in [1.54, 1.807) is 6.08 Å². The van der Waals surface area contributed by atoms with Crippen LogP contribution in [0.15, 0.2) is 37.5 Å². The minimum absolute atomic E-state index is 0.435. The standard InChI is InChI=1S/C9H12.C3H6/c1-2-9-5-3-8(7-9)4-6-9;1-3-2/h2-3,5,8H,1,4,6-7H2;3H,1H2,2H3. The van der Waals surface area contributed by atoms with E-state index in [9.17, 15) is 0 Å². The third-order valence-corrected chi connectivity index (χ3v) is 2.73. The highest BCUT2D eigenvalue weighted by Crippen LogP contribution is 2.49. The summed E-state index contributed by atoms with van der Waals surface area (Å²) in [5.41, 5.74) is 0.435. The van der Waals surface area contributed by atoms with E-state index in [2.05, 4.69) is 31.4 Å². The molecule has 0 amide bonds. The van der Waals surface area contributed by atoms with Crippen molar-refractivity contribution >= 4 is 0 Å². The molecule has 0 aromatic rings. The van der Waals surface area contributed by atoms with Crippen molar-refractivity contribution in [2.24, 2.45) is 11.3 Å². The van der Waals surface area contributed by atoms with Gasteiger partial charge in [-0.15, -0.1) is 13.2 Å². The van der Waals surface area contributed by atoms with Crippen molar-refractivity contribution in [3.63, 3.8) is 0 Å². The predicted molar refractivity (Wildman–Crippen MR) is 55.0 cm³/mol. The number of fused-ring (bicyclic) bond motifs is 2. The Balaban J connectivity index is 0.000000213. The molecule has 12 heavy (non-hydrogen) atoms. The quantitative estimate of drug-likeness (QED) is 0.515. The van der Waals surface area contributed by atoms with E-state index in [4.69, 9.17) is 0 Å². The lowest BCUT2D eigenvalue weighted by molar-refractivity contribution is 0.525. The summed E-state index contributed by atoms with van der Waals surface area (Å²) in [6, 6.07) is 0. The second-order valence-corrected chi connectivity index (χ2v) is 3.71. The number of hydrogen-bond acceptors (Lipinski definition) is 0. The van der Waals surface area contributed by atoms with Crippen LogP contribution >= 0.6 is 0 Å². The molecular weight excluding hydrogens is 144 g/mol. The lowest BCUT2D eigenvalue weighted by atomic mass is 9.88. The molecule has 0 aromatic carbocycles. The normalized spacial score (nSPS) is 35.6. The molecule has 2 aliphatic carbocycles. The molecule has 0 radical (unpaired) electrons. The van der Waals surface area contributed by atoms with Crippen molar-refractivity contribution < 1.29 is 0 Å². The Hall–Kier alpha value is -0.780. The third kappa shape index (κ3) is 1.69. The lowest BCUT2D eigenvalue weighted by Gasteiger charge is -2.16. The molecular formula is C12H18. The van der Waals surface area contributed by atoms with Crippen LogP contribution in [0.25, 0.3) is 0 Å². The van der Waals surface area contributed by atoms with E-state index >= 15 is 0 Å². The van der Waals surface area contributed by atoms with Crippen LogP contribution in [0, 0.1) is 11.3 Å².